The number of carbonyl (C=O) groups excluding carboxylic acids is 1. The Morgan fingerprint density at radius 3 is 3.09 bits per heavy atom. The summed E-state index contributed by atoms with van der Waals surface area (Å²) in [6.45, 7) is 5.69. The number of fused-ring (bicyclic) bond motifs is 1. The predicted molar refractivity (Wildman–Crippen MR) is 95.7 cm³/mol. The van der Waals surface area contributed by atoms with Crippen LogP contribution in [0.5, 0.6) is 0 Å². The van der Waals surface area contributed by atoms with E-state index in [4.69, 9.17) is 4.98 Å². The second kappa shape index (κ2) is 7.41. The maximum absolute atomic E-state index is 12.3. The zero-order valence-electron chi connectivity index (χ0n) is 13.9. The molecule has 1 aliphatic rings. The molecule has 0 radical (unpaired) electrons. The minimum absolute atomic E-state index is 0.138. The van der Waals surface area contributed by atoms with Crippen LogP contribution in [-0.2, 0) is 4.79 Å². The first kappa shape index (κ1) is 16.4. The van der Waals surface area contributed by atoms with Crippen molar-refractivity contribution in [3.8, 4) is 0 Å². The molecule has 2 heterocycles. The number of benzene rings is 1. The van der Waals surface area contributed by atoms with Crippen LogP contribution in [0, 0.1) is 0 Å². The molecule has 1 N–H and O–H groups in total. The molecule has 0 bridgehead atoms. The summed E-state index contributed by atoms with van der Waals surface area (Å²) in [7, 11) is 0. The number of nitrogens with zero attached hydrogens (tertiary/aromatic N) is 2. The quantitative estimate of drug-likeness (QED) is 0.877. The fraction of sp³-hybridized carbons (Fsp3) is 0.556. The Kier molecular flexibility index (Phi) is 5.28. The van der Waals surface area contributed by atoms with Gasteiger partial charge in [-0.3, -0.25) is 9.69 Å². The van der Waals surface area contributed by atoms with Gasteiger partial charge in [0, 0.05) is 6.04 Å². The smallest absolute Gasteiger partial charge is 0.234 e. The third-order valence-electron chi connectivity index (χ3n) is 4.43. The second-order valence-electron chi connectivity index (χ2n) is 6.41. The fourth-order valence-corrected chi connectivity index (χ4v) is 4.47. The van der Waals surface area contributed by atoms with Gasteiger partial charge in [0.05, 0.1) is 22.8 Å². The molecule has 23 heavy (non-hydrogen) atoms. The lowest BCUT2D eigenvalue weighted by molar-refractivity contribution is -0.123. The van der Waals surface area contributed by atoms with Gasteiger partial charge in [-0.15, -0.1) is 11.3 Å². The number of carbonyl (C=O) groups is 1. The van der Waals surface area contributed by atoms with Gasteiger partial charge in [-0.05, 0) is 44.9 Å². The standard InChI is InChI=1S/C18H25N3OS/c1-3-7-13(2)19-17(22)12-21-11-6-9-15(21)18-20-14-8-4-5-10-16(14)23-18/h4-5,8,10,13,15H,3,6-7,9,11-12H2,1-2H3,(H,19,22). The summed E-state index contributed by atoms with van der Waals surface area (Å²) in [6, 6.07) is 8.82. The maximum atomic E-state index is 12.3. The third-order valence-corrected chi connectivity index (χ3v) is 5.57. The zero-order chi connectivity index (χ0) is 16.2. The van der Waals surface area contributed by atoms with Gasteiger partial charge >= 0.3 is 0 Å². The molecule has 1 aromatic heterocycles. The lowest BCUT2D eigenvalue weighted by atomic mass is 10.2. The predicted octanol–water partition coefficient (Wildman–Crippen LogP) is 3.74. The molecule has 0 saturated carbocycles. The molecule has 1 fully saturated rings. The van der Waals surface area contributed by atoms with Crippen molar-refractivity contribution in [3.63, 3.8) is 0 Å². The summed E-state index contributed by atoms with van der Waals surface area (Å²) in [5, 5.41) is 4.26. The van der Waals surface area contributed by atoms with Crippen LogP contribution in [0.25, 0.3) is 10.2 Å². The molecule has 1 amide bonds. The van der Waals surface area contributed by atoms with E-state index in [1.54, 1.807) is 11.3 Å². The Morgan fingerprint density at radius 1 is 1.48 bits per heavy atom. The largest absolute Gasteiger partial charge is 0.353 e. The normalized spacial score (nSPS) is 20.0. The number of hydrogen-bond donors (Lipinski definition) is 1. The number of thiazole rings is 1. The van der Waals surface area contributed by atoms with Crippen LogP contribution in [-0.4, -0.2) is 34.9 Å². The van der Waals surface area contributed by atoms with Crippen LogP contribution in [0.2, 0.25) is 0 Å². The first-order valence-electron chi connectivity index (χ1n) is 8.56. The van der Waals surface area contributed by atoms with Crippen LogP contribution < -0.4 is 5.32 Å². The minimum atomic E-state index is 0.138. The fourth-order valence-electron chi connectivity index (χ4n) is 3.34. The molecule has 1 aliphatic heterocycles. The van der Waals surface area contributed by atoms with Gasteiger partial charge in [0.15, 0.2) is 0 Å². The summed E-state index contributed by atoms with van der Waals surface area (Å²) in [5.74, 6) is 0.138. The van der Waals surface area contributed by atoms with Crippen molar-refractivity contribution in [2.24, 2.45) is 0 Å². The van der Waals surface area contributed by atoms with Gasteiger partial charge < -0.3 is 5.32 Å². The summed E-state index contributed by atoms with van der Waals surface area (Å²) in [4.78, 5) is 19.3. The van der Waals surface area contributed by atoms with Gasteiger partial charge in [0.1, 0.15) is 5.01 Å². The molecule has 2 aromatic rings. The van der Waals surface area contributed by atoms with E-state index in [-0.39, 0.29) is 11.9 Å². The summed E-state index contributed by atoms with van der Waals surface area (Å²) < 4.78 is 1.23. The lowest BCUT2D eigenvalue weighted by Gasteiger charge is -2.23. The molecule has 0 spiro atoms. The molecule has 2 unspecified atom stereocenters. The van der Waals surface area contributed by atoms with Crippen molar-refractivity contribution in [3.05, 3.63) is 29.3 Å². The first-order valence-corrected chi connectivity index (χ1v) is 9.38. The molecule has 4 nitrogen and oxygen atoms in total. The molecular weight excluding hydrogens is 306 g/mol. The van der Waals surface area contributed by atoms with Crippen LogP contribution in [0.1, 0.15) is 50.6 Å². The molecular formula is C18H25N3OS. The highest BCUT2D eigenvalue weighted by Gasteiger charge is 2.30. The van der Waals surface area contributed by atoms with E-state index in [1.165, 1.54) is 4.70 Å². The molecule has 2 atom stereocenters. The van der Waals surface area contributed by atoms with Crippen molar-refractivity contribution in [2.75, 3.05) is 13.1 Å². The van der Waals surface area contributed by atoms with Crippen molar-refractivity contribution in [1.29, 1.82) is 0 Å². The van der Waals surface area contributed by atoms with E-state index in [1.807, 2.05) is 6.07 Å². The van der Waals surface area contributed by atoms with Crippen LogP contribution in [0.3, 0.4) is 0 Å². The topological polar surface area (TPSA) is 45.2 Å². The Labute approximate surface area is 141 Å². The van der Waals surface area contributed by atoms with Crippen molar-refractivity contribution < 1.29 is 4.79 Å². The molecule has 1 saturated heterocycles. The van der Waals surface area contributed by atoms with Crippen molar-refractivity contribution >= 4 is 27.5 Å². The Morgan fingerprint density at radius 2 is 2.30 bits per heavy atom. The number of rotatable bonds is 6. The average Bonchev–Trinajstić information content (AvgIpc) is 3.12. The van der Waals surface area contributed by atoms with Crippen LogP contribution in [0.15, 0.2) is 24.3 Å². The Bertz CT molecular complexity index is 636. The average molecular weight is 331 g/mol. The minimum Gasteiger partial charge on any atom is -0.353 e. The number of para-hydroxylation sites is 1. The number of likely N-dealkylation sites (tertiary alicyclic amines) is 1. The molecule has 3 rings (SSSR count). The van der Waals surface area contributed by atoms with E-state index >= 15 is 0 Å². The monoisotopic (exact) mass is 331 g/mol. The highest BCUT2D eigenvalue weighted by Crippen LogP contribution is 2.36. The van der Waals surface area contributed by atoms with Gasteiger partial charge in [-0.25, -0.2) is 4.98 Å². The highest BCUT2D eigenvalue weighted by atomic mass is 32.1. The number of hydrogen-bond acceptors (Lipinski definition) is 4. The lowest BCUT2D eigenvalue weighted by Crippen LogP contribution is -2.40. The van der Waals surface area contributed by atoms with Crippen LogP contribution >= 0.6 is 11.3 Å². The van der Waals surface area contributed by atoms with E-state index in [2.05, 4.69) is 42.3 Å². The van der Waals surface area contributed by atoms with E-state index < -0.39 is 0 Å². The first-order chi connectivity index (χ1) is 11.2. The summed E-state index contributed by atoms with van der Waals surface area (Å²) in [6.07, 6.45) is 4.36. The van der Waals surface area contributed by atoms with E-state index in [0.717, 1.165) is 42.8 Å². The van der Waals surface area contributed by atoms with E-state index in [0.29, 0.717) is 12.6 Å². The number of amides is 1. The molecule has 5 heteroatoms. The highest BCUT2D eigenvalue weighted by molar-refractivity contribution is 7.18. The Hall–Kier alpha value is -1.46. The SMILES string of the molecule is CCCC(C)NC(=O)CN1CCCC1c1nc2ccccc2s1. The molecule has 1 aromatic carbocycles. The number of aromatic nitrogens is 1. The summed E-state index contributed by atoms with van der Waals surface area (Å²) in [5.41, 5.74) is 1.07. The Balaban J connectivity index is 1.66. The van der Waals surface area contributed by atoms with Gasteiger partial charge in [0.25, 0.3) is 0 Å². The molecule has 124 valence electrons. The van der Waals surface area contributed by atoms with E-state index in [9.17, 15) is 4.79 Å². The van der Waals surface area contributed by atoms with Gasteiger partial charge in [-0.1, -0.05) is 25.5 Å². The van der Waals surface area contributed by atoms with Gasteiger partial charge in [0.2, 0.25) is 5.91 Å². The second-order valence-corrected chi connectivity index (χ2v) is 7.47. The summed E-state index contributed by atoms with van der Waals surface area (Å²) >= 11 is 1.76. The zero-order valence-corrected chi connectivity index (χ0v) is 14.7. The maximum Gasteiger partial charge on any atom is 0.234 e. The molecule has 0 aliphatic carbocycles. The van der Waals surface area contributed by atoms with Crippen LogP contribution in [0.4, 0.5) is 0 Å². The van der Waals surface area contributed by atoms with Gasteiger partial charge in [-0.2, -0.15) is 0 Å². The number of nitrogens with one attached hydrogen (secondary N) is 1. The van der Waals surface area contributed by atoms with Crippen molar-refractivity contribution in [2.45, 2.75) is 51.6 Å². The third kappa shape index (κ3) is 3.90. The van der Waals surface area contributed by atoms with Crippen molar-refractivity contribution in [1.82, 2.24) is 15.2 Å².